The molecule has 0 heterocycles. The van der Waals surface area contributed by atoms with Gasteiger partial charge in [0.15, 0.2) is 0 Å². The van der Waals surface area contributed by atoms with Crippen LogP contribution in [0.4, 0.5) is 0 Å². The second-order valence-corrected chi connectivity index (χ2v) is 4.66. The first-order valence-electron chi connectivity index (χ1n) is 6.34. The number of carbonyl (C=O) groups is 1. The Labute approximate surface area is 97.8 Å². The highest BCUT2D eigenvalue weighted by Gasteiger charge is 2.21. The standard InChI is InChI=1S/C12H24N2O2/c1-2-10(5-6-15)7-13-9-12(16)14-8-11-3-4-11/h10-11,13,15H,2-9H2,1H3,(H,14,16). The minimum atomic E-state index is 0.0887. The van der Waals surface area contributed by atoms with Crippen molar-refractivity contribution in [2.75, 3.05) is 26.2 Å². The van der Waals surface area contributed by atoms with Gasteiger partial charge >= 0.3 is 0 Å². The second kappa shape index (κ2) is 7.63. The Kier molecular flexibility index (Phi) is 6.42. The fraction of sp³-hybridized carbons (Fsp3) is 0.917. The van der Waals surface area contributed by atoms with Gasteiger partial charge in [0.05, 0.1) is 6.54 Å². The molecule has 0 radical (unpaired) electrons. The number of rotatable bonds is 9. The van der Waals surface area contributed by atoms with Crippen LogP contribution < -0.4 is 10.6 Å². The van der Waals surface area contributed by atoms with Gasteiger partial charge < -0.3 is 15.7 Å². The van der Waals surface area contributed by atoms with E-state index in [1.54, 1.807) is 0 Å². The fourth-order valence-corrected chi connectivity index (χ4v) is 1.67. The predicted octanol–water partition coefficient (Wildman–Crippen LogP) is 0.511. The highest BCUT2D eigenvalue weighted by Crippen LogP contribution is 2.27. The molecule has 1 amide bonds. The third-order valence-electron chi connectivity index (χ3n) is 3.12. The summed E-state index contributed by atoms with van der Waals surface area (Å²) >= 11 is 0. The average molecular weight is 228 g/mol. The van der Waals surface area contributed by atoms with Gasteiger partial charge in [-0.1, -0.05) is 13.3 Å². The van der Waals surface area contributed by atoms with Crippen molar-refractivity contribution in [1.29, 1.82) is 0 Å². The van der Waals surface area contributed by atoms with Crippen molar-refractivity contribution >= 4 is 5.91 Å². The fourth-order valence-electron chi connectivity index (χ4n) is 1.67. The maximum Gasteiger partial charge on any atom is 0.233 e. The molecule has 3 N–H and O–H groups in total. The molecule has 0 spiro atoms. The van der Waals surface area contributed by atoms with Gasteiger partial charge in [0, 0.05) is 13.2 Å². The lowest BCUT2D eigenvalue weighted by Gasteiger charge is -2.14. The van der Waals surface area contributed by atoms with E-state index in [9.17, 15) is 4.79 Å². The molecule has 94 valence electrons. The molecule has 1 aliphatic carbocycles. The van der Waals surface area contributed by atoms with E-state index in [0.29, 0.717) is 12.5 Å². The van der Waals surface area contributed by atoms with Gasteiger partial charge in [0.25, 0.3) is 0 Å². The molecule has 16 heavy (non-hydrogen) atoms. The van der Waals surface area contributed by atoms with Crippen molar-refractivity contribution in [3.8, 4) is 0 Å². The minimum absolute atomic E-state index is 0.0887. The minimum Gasteiger partial charge on any atom is -0.396 e. The van der Waals surface area contributed by atoms with Crippen molar-refractivity contribution in [3.63, 3.8) is 0 Å². The number of hydrogen-bond donors (Lipinski definition) is 3. The zero-order valence-corrected chi connectivity index (χ0v) is 10.2. The molecule has 1 aliphatic rings. The highest BCUT2D eigenvalue weighted by molar-refractivity contribution is 5.77. The molecule has 0 aromatic carbocycles. The maximum atomic E-state index is 11.4. The van der Waals surface area contributed by atoms with Gasteiger partial charge in [-0.15, -0.1) is 0 Å². The van der Waals surface area contributed by atoms with Crippen LogP contribution in [0.15, 0.2) is 0 Å². The first-order chi connectivity index (χ1) is 7.76. The highest BCUT2D eigenvalue weighted by atomic mass is 16.3. The van der Waals surface area contributed by atoms with Gasteiger partial charge in [0.2, 0.25) is 5.91 Å². The molecule has 0 aromatic rings. The molecule has 4 heteroatoms. The number of nitrogens with one attached hydrogen (secondary N) is 2. The van der Waals surface area contributed by atoms with E-state index in [1.165, 1.54) is 12.8 Å². The van der Waals surface area contributed by atoms with Crippen LogP contribution in [0.25, 0.3) is 0 Å². The molecule has 0 saturated heterocycles. The zero-order valence-electron chi connectivity index (χ0n) is 10.2. The molecular formula is C12H24N2O2. The molecule has 1 unspecified atom stereocenters. The van der Waals surface area contributed by atoms with E-state index < -0.39 is 0 Å². The van der Waals surface area contributed by atoms with Crippen LogP contribution in [0.1, 0.15) is 32.6 Å². The van der Waals surface area contributed by atoms with Crippen molar-refractivity contribution in [2.45, 2.75) is 32.6 Å². The lowest BCUT2D eigenvalue weighted by atomic mass is 10.0. The van der Waals surface area contributed by atoms with Gasteiger partial charge in [-0.3, -0.25) is 4.79 Å². The van der Waals surface area contributed by atoms with Crippen LogP contribution in [0.3, 0.4) is 0 Å². The third kappa shape index (κ3) is 6.08. The molecule has 1 saturated carbocycles. The lowest BCUT2D eigenvalue weighted by molar-refractivity contribution is -0.120. The number of hydrogen-bond acceptors (Lipinski definition) is 3. The molecule has 1 rings (SSSR count). The van der Waals surface area contributed by atoms with E-state index in [0.717, 1.165) is 31.8 Å². The van der Waals surface area contributed by atoms with E-state index in [4.69, 9.17) is 5.11 Å². The second-order valence-electron chi connectivity index (χ2n) is 4.66. The molecule has 0 aromatic heterocycles. The zero-order chi connectivity index (χ0) is 11.8. The Morgan fingerprint density at radius 3 is 2.81 bits per heavy atom. The van der Waals surface area contributed by atoms with Crippen LogP contribution in [0.5, 0.6) is 0 Å². The van der Waals surface area contributed by atoms with Gasteiger partial charge in [-0.2, -0.15) is 0 Å². The summed E-state index contributed by atoms with van der Waals surface area (Å²) in [6.07, 6.45) is 4.38. The lowest BCUT2D eigenvalue weighted by Crippen LogP contribution is -2.36. The topological polar surface area (TPSA) is 61.4 Å². The van der Waals surface area contributed by atoms with Crippen molar-refractivity contribution in [3.05, 3.63) is 0 Å². The summed E-state index contributed by atoms with van der Waals surface area (Å²) in [7, 11) is 0. The van der Waals surface area contributed by atoms with Crippen LogP contribution in [0.2, 0.25) is 0 Å². The van der Waals surface area contributed by atoms with Crippen molar-refractivity contribution in [2.24, 2.45) is 11.8 Å². The molecule has 1 atom stereocenters. The summed E-state index contributed by atoms with van der Waals surface area (Å²) in [5.41, 5.74) is 0. The summed E-state index contributed by atoms with van der Waals surface area (Å²) in [6, 6.07) is 0. The Bertz CT molecular complexity index is 205. The first kappa shape index (κ1) is 13.5. The smallest absolute Gasteiger partial charge is 0.233 e. The predicted molar refractivity (Wildman–Crippen MR) is 64.1 cm³/mol. The molecular weight excluding hydrogens is 204 g/mol. The Morgan fingerprint density at radius 1 is 1.50 bits per heavy atom. The van der Waals surface area contributed by atoms with Gasteiger partial charge in [0.1, 0.15) is 0 Å². The van der Waals surface area contributed by atoms with Crippen LogP contribution in [0, 0.1) is 11.8 Å². The molecule has 1 fully saturated rings. The third-order valence-corrected chi connectivity index (χ3v) is 3.12. The summed E-state index contributed by atoms with van der Waals surface area (Å²) in [5, 5.41) is 14.9. The summed E-state index contributed by atoms with van der Waals surface area (Å²) in [5.74, 6) is 1.30. The number of amides is 1. The van der Waals surface area contributed by atoms with Crippen molar-refractivity contribution < 1.29 is 9.90 Å². The molecule has 0 aliphatic heterocycles. The molecule has 0 bridgehead atoms. The largest absolute Gasteiger partial charge is 0.396 e. The monoisotopic (exact) mass is 228 g/mol. The van der Waals surface area contributed by atoms with Gasteiger partial charge in [-0.25, -0.2) is 0 Å². The average Bonchev–Trinajstić information content (AvgIpc) is 3.09. The van der Waals surface area contributed by atoms with Gasteiger partial charge in [-0.05, 0) is 37.6 Å². The quantitative estimate of drug-likeness (QED) is 0.539. The van der Waals surface area contributed by atoms with E-state index in [1.807, 2.05) is 0 Å². The van der Waals surface area contributed by atoms with E-state index in [-0.39, 0.29) is 12.5 Å². The number of aliphatic hydroxyl groups is 1. The van der Waals surface area contributed by atoms with E-state index in [2.05, 4.69) is 17.6 Å². The van der Waals surface area contributed by atoms with Crippen LogP contribution in [-0.2, 0) is 4.79 Å². The summed E-state index contributed by atoms with van der Waals surface area (Å²) in [6.45, 7) is 4.39. The normalized spacial score (nSPS) is 17.1. The van der Waals surface area contributed by atoms with Crippen LogP contribution in [-0.4, -0.2) is 37.3 Å². The number of carbonyl (C=O) groups excluding carboxylic acids is 1. The molecule has 4 nitrogen and oxygen atoms in total. The van der Waals surface area contributed by atoms with Crippen LogP contribution >= 0.6 is 0 Å². The van der Waals surface area contributed by atoms with E-state index >= 15 is 0 Å². The summed E-state index contributed by atoms with van der Waals surface area (Å²) in [4.78, 5) is 11.4. The SMILES string of the molecule is CCC(CCO)CNCC(=O)NCC1CC1. The van der Waals surface area contributed by atoms with Crippen molar-refractivity contribution in [1.82, 2.24) is 10.6 Å². The summed E-state index contributed by atoms with van der Waals surface area (Å²) < 4.78 is 0. The number of aliphatic hydroxyl groups excluding tert-OH is 1. The first-order valence-corrected chi connectivity index (χ1v) is 6.34. The Morgan fingerprint density at radius 2 is 2.25 bits per heavy atom. The maximum absolute atomic E-state index is 11.4. The Hall–Kier alpha value is -0.610. The Balaban J connectivity index is 1.97.